The summed E-state index contributed by atoms with van der Waals surface area (Å²) in [6.45, 7) is 1.54. The van der Waals surface area contributed by atoms with Crippen molar-refractivity contribution < 1.29 is 13.5 Å². The predicted octanol–water partition coefficient (Wildman–Crippen LogP) is 3.37. The lowest BCUT2D eigenvalue weighted by atomic mass is 10.3. The van der Waals surface area contributed by atoms with Crippen LogP contribution in [0, 0.1) is 0 Å². The average molecular weight is 359 g/mol. The lowest BCUT2D eigenvalue weighted by Crippen LogP contribution is -2.12. The summed E-state index contributed by atoms with van der Waals surface area (Å²) in [4.78, 5) is 3.88. The number of rotatable bonds is 4. The number of hydrogen-bond donors (Lipinski definition) is 2. The van der Waals surface area contributed by atoms with E-state index < -0.39 is 16.1 Å². The highest BCUT2D eigenvalue weighted by molar-refractivity contribution is 7.93. The van der Waals surface area contributed by atoms with Crippen molar-refractivity contribution in [1.29, 1.82) is 0 Å². The molecule has 0 amide bonds. The van der Waals surface area contributed by atoms with Gasteiger partial charge in [0.05, 0.1) is 16.1 Å². The van der Waals surface area contributed by atoms with E-state index in [1.54, 1.807) is 12.3 Å². The molecule has 2 aromatic heterocycles. The summed E-state index contributed by atoms with van der Waals surface area (Å²) in [6, 6.07) is 1.28. The van der Waals surface area contributed by atoms with Crippen molar-refractivity contribution in [2.75, 3.05) is 4.72 Å². The fourth-order valence-corrected chi connectivity index (χ4v) is 5.40. The Bertz CT molecular complexity index is 693. The molecule has 0 spiro atoms. The van der Waals surface area contributed by atoms with E-state index >= 15 is 0 Å². The average Bonchev–Trinajstić information content (AvgIpc) is 2.85. The smallest absolute Gasteiger partial charge is 0.266 e. The molecule has 2 heterocycles. The number of nitrogens with zero attached hydrogens (tertiary/aromatic N) is 1. The molecule has 0 saturated heterocycles. The molecule has 19 heavy (non-hydrogen) atoms. The number of nitrogens with one attached hydrogen (secondary N) is 1. The normalized spacial score (nSPS) is 13.5. The second kappa shape index (κ2) is 5.55. The van der Waals surface area contributed by atoms with E-state index in [1.165, 1.54) is 6.07 Å². The first-order valence-electron chi connectivity index (χ1n) is 4.91. The van der Waals surface area contributed by atoms with Crippen molar-refractivity contribution in [2.24, 2.45) is 0 Å². The van der Waals surface area contributed by atoms with Crippen LogP contribution < -0.4 is 4.72 Å². The minimum atomic E-state index is -3.83. The van der Waals surface area contributed by atoms with Crippen molar-refractivity contribution in [3.8, 4) is 0 Å². The van der Waals surface area contributed by atoms with E-state index in [-0.39, 0.29) is 18.7 Å². The fraction of sp³-hybridized carbons (Fsp3) is 0.222. The Morgan fingerprint density at radius 1 is 1.47 bits per heavy atom. The zero-order valence-corrected chi connectivity index (χ0v) is 13.4. The van der Waals surface area contributed by atoms with E-state index in [4.69, 9.17) is 23.2 Å². The Balaban J connectivity index is 2.28. The SMILES string of the molecule is CC(O)c1csc(NS(=O)(=O)c2cc(Cl)sc2Cl)n1. The molecule has 0 bridgehead atoms. The number of halogens is 2. The molecule has 0 radical (unpaired) electrons. The zero-order chi connectivity index (χ0) is 14.2. The second-order valence-electron chi connectivity index (χ2n) is 3.55. The summed E-state index contributed by atoms with van der Waals surface area (Å²) in [6.07, 6.45) is -0.756. The maximum Gasteiger partial charge on any atom is 0.266 e. The maximum absolute atomic E-state index is 12.1. The molecule has 2 N–H and O–H groups in total. The van der Waals surface area contributed by atoms with Gasteiger partial charge < -0.3 is 5.11 Å². The van der Waals surface area contributed by atoms with Gasteiger partial charge in [-0.05, 0) is 13.0 Å². The first-order chi connectivity index (χ1) is 8.79. The molecule has 2 aromatic rings. The van der Waals surface area contributed by atoms with Crippen LogP contribution in [-0.2, 0) is 10.0 Å². The first kappa shape index (κ1) is 15.0. The Morgan fingerprint density at radius 3 is 2.63 bits per heavy atom. The molecule has 1 unspecified atom stereocenters. The third-order valence-corrected chi connectivity index (χ3v) is 6.08. The van der Waals surface area contributed by atoms with Gasteiger partial charge in [0.15, 0.2) is 5.13 Å². The molecule has 10 heteroatoms. The van der Waals surface area contributed by atoms with Gasteiger partial charge in [-0.2, -0.15) is 0 Å². The number of hydrogen-bond acceptors (Lipinski definition) is 6. The largest absolute Gasteiger partial charge is 0.387 e. The molecule has 0 aromatic carbocycles. The minimum Gasteiger partial charge on any atom is -0.387 e. The number of sulfonamides is 1. The predicted molar refractivity (Wildman–Crippen MR) is 77.9 cm³/mol. The molecule has 1 atom stereocenters. The number of aromatic nitrogens is 1. The van der Waals surface area contributed by atoms with Gasteiger partial charge in [-0.1, -0.05) is 23.2 Å². The van der Waals surface area contributed by atoms with Crippen LogP contribution in [0.3, 0.4) is 0 Å². The van der Waals surface area contributed by atoms with Crippen LogP contribution in [0.2, 0.25) is 8.67 Å². The number of thiazole rings is 1. The summed E-state index contributed by atoms with van der Waals surface area (Å²) in [7, 11) is -3.83. The summed E-state index contributed by atoms with van der Waals surface area (Å²) < 4.78 is 26.8. The monoisotopic (exact) mass is 358 g/mol. The van der Waals surface area contributed by atoms with Crippen LogP contribution >= 0.6 is 45.9 Å². The lowest BCUT2D eigenvalue weighted by Gasteiger charge is -2.03. The van der Waals surface area contributed by atoms with E-state index in [0.29, 0.717) is 5.69 Å². The molecule has 0 saturated carbocycles. The number of aliphatic hydroxyl groups is 1. The van der Waals surface area contributed by atoms with Crippen molar-refractivity contribution in [3.05, 3.63) is 25.8 Å². The Labute approximate surface area is 127 Å². The van der Waals surface area contributed by atoms with Gasteiger partial charge in [0.2, 0.25) is 0 Å². The van der Waals surface area contributed by atoms with Crippen molar-refractivity contribution in [1.82, 2.24) is 4.98 Å². The van der Waals surface area contributed by atoms with Crippen LogP contribution in [0.1, 0.15) is 18.7 Å². The fourth-order valence-electron chi connectivity index (χ4n) is 1.20. The Kier molecular flexibility index (Phi) is 4.38. The van der Waals surface area contributed by atoms with Crippen LogP contribution in [0.5, 0.6) is 0 Å². The quantitative estimate of drug-likeness (QED) is 0.877. The number of anilines is 1. The standard InChI is InChI=1S/C9H8Cl2N2O3S3/c1-4(14)5-3-17-9(12-5)13-19(15,16)6-2-7(10)18-8(6)11/h2-4,14H,1H3,(H,12,13). The van der Waals surface area contributed by atoms with E-state index in [9.17, 15) is 13.5 Å². The molecule has 5 nitrogen and oxygen atoms in total. The van der Waals surface area contributed by atoms with Gasteiger partial charge >= 0.3 is 0 Å². The summed E-state index contributed by atoms with van der Waals surface area (Å²) in [5.41, 5.74) is 0.400. The van der Waals surface area contributed by atoms with Crippen LogP contribution in [0.25, 0.3) is 0 Å². The zero-order valence-electron chi connectivity index (χ0n) is 9.42. The highest BCUT2D eigenvalue weighted by Gasteiger charge is 2.22. The molecule has 0 fully saturated rings. The molecule has 2 rings (SSSR count). The summed E-state index contributed by atoms with van der Waals surface area (Å²) in [5.74, 6) is 0. The highest BCUT2D eigenvalue weighted by Crippen LogP contribution is 2.35. The van der Waals surface area contributed by atoms with Crippen molar-refractivity contribution in [3.63, 3.8) is 0 Å². The van der Waals surface area contributed by atoms with Crippen LogP contribution in [-0.4, -0.2) is 18.5 Å². The summed E-state index contributed by atoms with van der Waals surface area (Å²) >= 11 is 13.6. The van der Waals surface area contributed by atoms with Gasteiger partial charge in [0.1, 0.15) is 9.23 Å². The van der Waals surface area contributed by atoms with E-state index in [0.717, 1.165) is 22.7 Å². The lowest BCUT2D eigenvalue weighted by molar-refractivity contribution is 0.195. The van der Waals surface area contributed by atoms with Gasteiger partial charge in [0.25, 0.3) is 10.0 Å². The number of thiophene rings is 1. The first-order valence-corrected chi connectivity index (χ1v) is 8.84. The molecule has 0 aliphatic heterocycles. The second-order valence-corrected chi connectivity index (χ2v) is 8.34. The van der Waals surface area contributed by atoms with Gasteiger partial charge in [-0.25, -0.2) is 13.4 Å². The van der Waals surface area contributed by atoms with Crippen LogP contribution in [0.15, 0.2) is 16.3 Å². The Hall–Kier alpha value is -0.380. The number of aliphatic hydroxyl groups excluding tert-OH is 1. The van der Waals surface area contributed by atoms with Crippen molar-refractivity contribution >= 4 is 61.0 Å². The van der Waals surface area contributed by atoms with E-state index in [2.05, 4.69) is 9.71 Å². The summed E-state index contributed by atoms with van der Waals surface area (Å²) in [5, 5.41) is 11.1. The third kappa shape index (κ3) is 3.39. The molecule has 0 aliphatic rings. The molecule has 0 aliphatic carbocycles. The molecular formula is C9H8Cl2N2O3S3. The minimum absolute atomic E-state index is 0.0852. The van der Waals surface area contributed by atoms with E-state index in [1.807, 2.05) is 0 Å². The van der Waals surface area contributed by atoms with Gasteiger partial charge in [0, 0.05) is 5.38 Å². The third-order valence-electron chi connectivity index (χ3n) is 2.09. The van der Waals surface area contributed by atoms with Crippen molar-refractivity contribution in [2.45, 2.75) is 17.9 Å². The highest BCUT2D eigenvalue weighted by atomic mass is 35.5. The molecular weight excluding hydrogens is 351 g/mol. The topological polar surface area (TPSA) is 79.3 Å². The molecule has 104 valence electrons. The van der Waals surface area contributed by atoms with Gasteiger partial charge in [-0.15, -0.1) is 22.7 Å². The van der Waals surface area contributed by atoms with Crippen LogP contribution in [0.4, 0.5) is 5.13 Å². The maximum atomic E-state index is 12.1. The van der Waals surface area contributed by atoms with Gasteiger partial charge in [-0.3, -0.25) is 4.72 Å². The Morgan fingerprint density at radius 2 is 2.16 bits per heavy atom.